The molecule has 3 amide bonds. The van der Waals surface area contributed by atoms with Crippen molar-refractivity contribution in [3.63, 3.8) is 0 Å². The maximum Gasteiger partial charge on any atom is 0.328 e. The fourth-order valence-corrected chi connectivity index (χ4v) is 3.97. The number of benzene rings is 2. The number of hydrogen-bond donors (Lipinski definition) is 3. The van der Waals surface area contributed by atoms with Crippen molar-refractivity contribution in [1.29, 1.82) is 0 Å². The summed E-state index contributed by atoms with van der Waals surface area (Å²) in [5, 5.41) is 7.70. The normalized spacial score (nSPS) is 14.7. The SMILES string of the molecule is COC(=O)CC[C@@H](NC(=O)c1ccc(CNc2cccc(/C=C3\SC(=O)NC3=O)c2)cc1)C(=O)OC. The second-order valence-corrected chi connectivity index (χ2v) is 8.71. The average Bonchev–Trinajstić information content (AvgIpc) is 3.20. The Hall–Kier alpha value is -4.12. The van der Waals surface area contributed by atoms with Gasteiger partial charge in [-0.2, -0.15) is 0 Å². The molecular formula is C25H25N3O7S. The minimum Gasteiger partial charge on any atom is -0.469 e. The van der Waals surface area contributed by atoms with E-state index in [0.717, 1.165) is 28.6 Å². The molecule has 0 radical (unpaired) electrons. The van der Waals surface area contributed by atoms with Crippen molar-refractivity contribution in [2.45, 2.75) is 25.4 Å². The van der Waals surface area contributed by atoms with E-state index in [9.17, 15) is 24.0 Å². The number of methoxy groups -OCH3 is 2. The van der Waals surface area contributed by atoms with Gasteiger partial charge in [0.15, 0.2) is 0 Å². The third-order valence-electron chi connectivity index (χ3n) is 5.20. The molecule has 1 aliphatic heterocycles. The molecule has 10 nitrogen and oxygen atoms in total. The molecule has 1 atom stereocenters. The van der Waals surface area contributed by atoms with Gasteiger partial charge in [0.05, 0.1) is 19.1 Å². The van der Waals surface area contributed by atoms with Gasteiger partial charge in [-0.05, 0) is 59.7 Å². The highest BCUT2D eigenvalue weighted by atomic mass is 32.2. The summed E-state index contributed by atoms with van der Waals surface area (Å²) in [6, 6.07) is 13.2. The summed E-state index contributed by atoms with van der Waals surface area (Å²) in [7, 11) is 2.46. The lowest BCUT2D eigenvalue weighted by Crippen LogP contribution is -2.41. The second kappa shape index (κ2) is 12.5. The molecule has 3 rings (SSSR count). The first-order chi connectivity index (χ1) is 17.3. The van der Waals surface area contributed by atoms with E-state index in [1.807, 2.05) is 24.3 Å². The number of carbonyl (C=O) groups is 5. The third-order valence-corrected chi connectivity index (χ3v) is 6.01. The van der Waals surface area contributed by atoms with E-state index in [4.69, 9.17) is 4.74 Å². The van der Waals surface area contributed by atoms with E-state index in [1.165, 1.54) is 14.2 Å². The number of carbonyl (C=O) groups excluding carboxylic acids is 5. The van der Waals surface area contributed by atoms with Gasteiger partial charge in [0, 0.05) is 24.2 Å². The molecule has 11 heteroatoms. The van der Waals surface area contributed by atoms with Crippen LogP contribution in [-0.2, 0) is 30.4 Å². The van der Waals surface area contributed by atoms with Gasteiger partial charge in [-0.3, -0.25) is 24.5 Å². The van der Waals surface area contributed by atoms with Crippen molar-refractivity contribution in [3.8, 4) is 0 Å². The smallest absolute Gasteiger partial charge is 0.328 e. The number of nitrogens with one attached hydrogen (secondary N) is 3. The number of hydrogen-bond acceptors (Lipinski definition) is 9. The molecule has 0 bridgehead atoms. The van der Waals surface area contributed by atoms with E-state index < -0.39 is 29.8 Å². The maximum atomic E-state index is 12.6. The second-order valence-electron chi connectivity index (χ2n) is 7.69. The summed E-state index contributed by atoms with van der Waals surface area (Å²) in [5.74, 6) is -2.02. The van der Waals surface area contributed by atoms with E-state index >= 15 is 0 Å². The molecule has 0 saturated carbocycles. The van der Waals surface area contributed by atoms with Gasteiger partial charge >= 0.3 is 11.9 Å². The highest BCUT2D eigenvalue weighted by molar-refractivity contribution is 8.18. The van der Waals surface area contributed by atoms with Crippen LogP contribution in [0.4, 0.5) is 10.5 Å². The monoisotopic (exact) mass is 511 g/mol. The van der Waals surface area contributed by atoms with E-state index in [1.54, 1.807) is 30.3 Å². The molecule has 0 aromatic heterocycles. The zero-order valence-electron chi connectivity index (χ0n) is 19.7. The van der Waals surface area contributed by atoms with Crippen molar-refractivity contribution in [2.24, 2.45) is 0 Å². The fourth-order valence-electron chi connectivity index (χ4n) is 3.29. The Bertz CT molecular complexity index is 1190. The Morgan fingerprint density at radius 2 is 1.81 bits per heavy atom. The van der Waals surface area contributed by atoms with Crippen molar-refractivity contribution >= 4 is 52.5 Å². The zero-order valence-corrected chi connectivity index (χ0v) is 20.5. The van der Waals surface area contributed by atoms with Gasteiger partial charge in [0.2, 0.25) is 0 Å². The van der Waals surface area contributed by atoms with E-state index in [-0.39, 0.29) is 18.1 Å². The van der Waals surface area contributed by atoms with Crippen LogP contribution in [0.2, 0.25) is 0 Å². The fraction of sp³-hybridized carbons (Fsp3) is 0.240. The van der Waals surface area contributed by atoms with Gasteiger partial charge in [-0.1, -0.05) is 24.3 Å². The Morgan fingerprint density at radius 1 is 1.06 bits per heavy atom. The first-order valence-corrected chi connectivity index (χ1v) is 11.7. The van der Waals surface area contributed by atoms with Crippen molar-refractivity contribution in [2.75, 3.05) is 19.5 Å². The molecule has 2 aromatic carbocycles. The average molecular weight is 512 g/mol. The largest absolute Gasteiger partial charge is 0.469 e. The Kier molecular flexibility index (Phi) is 9.23. The molecule has 0 unspecified atom stereocenters. The van der Waals surface area contributed by atoms with Crippen LogP contribution in [0.25, 0.3) is 6.08 Å². The van der Waals surface area contributed by atoms with E-state index in [0.29, 0.717) is 17.0 Å². The minimum atomic E-state index is -0.975. The molecule has 36 heavy (non-hydrogen) atoms. The molecule has 1 saturated heterocycles. The van der Waals surface area contributed by atoms with Crippen LogP contribution >= 0.6 is 11.8 Å². The summed E-state index contributed by atoms with van der Waals surface area (Å²) >= 11 is 0.862. The summed E-state index contributed by atoms with van der Waals surface area (Å²) in [5.41, 5.74) is 2.84. The molecular weight excluding hydrogens is 486 g/mol. The van der Waals surface area contributed by atoms with Gasteiger partial charge in [-0.15, -0.1) is 0 Å². The first-order valence-electron chi connectivity index (χ1n) is 10.9. The van der Waals surface area contributed by atoms with Crippen LogP contribution in [0.15, 0.2) is 53.4 Å². The molecule has 2 aromatic rings. The molecule has 1 fully saturated rings. The molecule has 0 aliphatic carbocycles. The van der Waals surface area contributed by atoms with Crippen LogP contribution in [0.1, 0.15) is 34.3 Å². The Balaban J connectivity index is 1.58. The molecule has 3 N–H and O–H groups in total. The molecule has 1 aliphatic rings. The lowest BCUT2D eigenvalue weighted by molar-refractivity contribution is -0.144. The molecule has 0 spiro atoms. The summed E-state index contributed by atoms with van der Waals surface area (Å²) in [6.07, 6.45) is 1.67. The third kappa shape index (κ3) is 7.44. The number of amides is 3. The minimum absolute atomic E-state index is 0.0381. The van der Waals surface area contributed by atoms with Crippen LogP contribution < -0.4 is 16.0 Å². The topological polar surface area (TPSA) is 140 Å². The summed E-state index contributed by atoms with van der Waals surface area (Å²) in [6.45, 7) is 0.472. The number of rotatable bonds is 10. The zero-order chi connectivity index (χ0) is 26.1. The predicted octanol–water partition coefficient (Wildman–Crippen LogP) is 2.85. The van der Waals surface area contributed by atoms with Gasteiger partial charge in [0.1, 0.15) is 6.04 Å². The number of thioether (sulfide) groups is 1. The molecule has 1 heterocycles. The van der Waals surface area contributed by atoms with Crippen molar-refractivity contribution < 1.29 is 33.4 Å². The quantitative estimate of drug-likeness (QED) is 0.324. The maximum absolute atomic E-state index is 12.6. The number of imide groups is 1. The number of esters is 2. The van der Waals surface area contributed by atoms with Gasteiger partial charge in [-0.25, -0.2) is 4.79 Å². The highest BCUT2D eigenvalue weighted by Crippen LogP contribution is 2.26. The number of anilines is 1. The Morgan fingerprint density at radius 3 is 2.44 bits per heavy atom. The molecule has 188 valence electrons. The summed E-state index contributed by atoms with van der Waals surface area (Å²) in [4.78, 5) is 59.3. The van der Waals surface area contributed by atoms with Crippen LogP contribution in [-0.4, -0.2) is 49.3 Å². The predicted molar refractivity (Wildman–Crippen MR) is 134 cm³/mol. The van der Waals surface area contributed by atoms with Crippen LogP contribution in [0.3, 0.4) is 0 Å². The van der Waals surface area contributed by atoms with Crippen LogP contribution in [0, 0.1) is 0 Å². The summed E-state index contributed by atoms with van der Waals surface area (Å²) < 4.78 is 9.28. The highest BCUT2D eigenvalue weighted by Gasteiger charge is 2.25. The first kappa shape index (κ1) is 26.5. The van der Waals surface area contributed by atoms with Crippen molar-refractivity contribution in [3.05, 3.63) is 70.1 Å². The van der Waals surface area contributed by atoms with Crippen molar-refractivity contribution in [1.82, 2.24) is 10.6 Å². The Labute approximate surface area is 211 Å². The van der Waals surface area contributed by atoms with Crippen LogP contribution in [0.5, 0.6) is 0 Å². The van der Waals surface area contributed by atoms with E-state index in [2.05, 4.69) is 20.7 Å². The number of ether oxygens (including phenoxy) is 2. The van der Waals surface area contributed by atoms with Gasteiger partial charge in [0.25, 0.3) is 17.1 Å². The standard InChI is InChI=1S/C25H25N3O7S/c1-34-21(29)11-10-19(24(32)35-2)27-22(30)17-8-6-15(7-9-17)14-26-18-5-3-4-16(12-18)13-20-23(31)28-25(33)36-20/h3-9,12-13,19,26H,10-11,14H2,1-2H3,(H,27,30)(H,28,31,33)/b20-13-/t19-/m1/s1. The lowest BCUT2D eigenvalue weighted by atomic mass is 10.1. The lowest BCUT2D eigenvalue weighted by Gasteiger charge is -2.16. The van der Waals surface area contributed by atoms with Gasteiger partial charge < -0.3 is 20.1 Å².